The van der Waals surface area contributed by atoms with Gasteiger partial charge in [0.05, 0.1) is 18.4 Å². The van der Waals surface area contributed by atoms with Crippen LogP contribution < -0.4 is 14.5 Å². The molecule has 2 aliphatic rings. The van der Waals surface area contributed by atoms with Gasteiger partial charge in [0.1, 0.15) is 6.61 Å². The third-order valence-electron chi connectivity index (χ3n) is 6.80. The number of aryl methyl sites for hydroxylation is 1. The van der Waals surface area contributed by atoms with E-state index < -0.39 is 11.9 Å². The van der Waals surface area contributed by atoms with Crippen LogP contribution in [0.15, 0.2) is 30.7 Å². The zero-order valence-corrected chi connectivity index (χ0v) is 20.7. The van der Waals surface area contributed by atoms with Crippen LogP contribution in [-0.2, 0) is 13.2 Å². The predicted molar refractivity (Wildman–Crippen MR) is 130 cm³/mol. The average Bonchev–Trinajstić information content (AvgIpc) is 3.26. The highest BCUT2D eigenvalue weighted by molar-refractivity contribution is 5.64. The van der Waals surface area contributed by atoms with E-state index in [9.17, 15) is 13.2 Å². The normalized spacial score (nSPS) is 16.9. The molecule has 0 bridgehead atoms. The van der Waals surface area contributed by atoms with Gasteiger partial charge in [-0.2, -0.15) is 13.2 Å². The van der Waals surface area contributed by atoms with Gasteiger partial charge in [-0.05, 0) is 36.8 Å². The van der Waals surface area contributed by atoms with Crippen molar-refractivity contribution in [2.75, 3.05) is 42.6 Å². The van der Waals surface area contributed by atoms with Crippen LogP contribution in [0.4, 0.5) is 24.9 Å². The van der Waals surface area contributed by atoms with E-state index in [1.165, 1.54) is 4.57 Å². The maximum absolute atomic E-state index is 13.1. The molecule has 0 saturated carbocycles. The summed E-state index contributed by atoms with van der Waals surface area (Å²) in [6, 6.07) is 3.89. The Labute approximate surface area is 208 Å². The largest absolute Gasteiger partial charge is 0.486 e. The molecule has 1 fully saturated rings. The number of imidazole rings is 1. The van der Waals surface area contributed by atoms with Crippen LogP contribution in [0.5, 0.6) is 5.75 Å². The van der Waals surface area contributed by atoms with Gasteiger partial charge >= 0.3 is 6.18 Å². The first kappa shape index (κ1) is 24.3. The van der Waals surface area contributed by atoms with Crippen molar-refractivity contribution in [1.82, 2.24) is 24.5 Å². The van der Waals surface area contributed by atoms with E-state index in [4.69, 9.17) is 9.72 Å². The van der Waals surface area contributed by atoms with E-state index in [2.05, 4.69) is 33.7 Å². The fraction of sp³-hybridized carbons (Fsp3) is 0.520. The number of pyridine rings is 1. The highest BCUT2D eigenvalue weighted by Gasteiger charge is 2.36. The Hall–Kier alpha value is -3.37. The van der Waals surface area contributed by atoms with Crippen LogP contribution in [0.3, 0.4) is 0 Å². The lowest BCUT2D eigenvalue weighted by Gasteiger charge is -2.37. The number of rotatable bonds is 5. The van der Waals surface area contributed by atoms with Crippen LogP contribution in [-0.4, -0.2) is 57.3 Å². The predicted octanol–water partition coefficient (Wildman–Crippen LogP) is 4.53. The monoisotopic (exact) mass is 501 g/mol. The molecule has 0 spiro atoms. The average molecular weight is 502 g/mol. The summed E-state index contributed by atoms with van der Waals surface area (Å²) in [4.78, 5) is 22.0. The lowest BCUT2D eigenvalue weighted by atomic mass is 9.96. The second kappa shape index (κ2) is 9.59. The fourth-order valence-corrected chi connectivity index (χ4v) is 4.95. The number of nitrogens with zero attached hydrogens (tertiary/aromatic N) is 7. The van der Waals surface area contributed by atoms with Gasteiger partial charge in [0.25, 0.3) is 0 Å². The summed E-state index contributed by atoms with van der Waals surface area (Å²) in [6.07, 6.45) is 1.86. The zero-order chi connectivity index (χ0) is 25.4. The van der Waals surface area contributed by atoms with Crippen molar-refractivity contribution in [1.29, 1.82) is 0 Å². The zero-order valence-electron chi connectivity index (χ0n) is 20.7. The summed E-state index contributed by atoms with van der Waals surface area (Å²) in [5.41, 5.74) is 1.02. The van der Waals surface area contributed by atoms with Gasteiger partial charge in [0, 0.05) is 44.6 Å². The number of fused-ring (bicyclic) bond motifs is 1. The van der Waals surface area contributed by atoms with Crippen LogP contribution in [0.2, 0.25) is 0 Å². The molecule has 5 heterocycles. The lowest BCUT2D eigenvalue weighted by molar-refractivity contribution is -0.140. The van der Waals surface area contributed by atoms with Crippen LogP contribution in [0.1, 0.15) is 44.0 Å². The maximum Gasteiger partial charge on any atom is 0.434 e. The van der Waals surface area contributed by atoms with Gasteiger partial charge in [-0.25, -0.2) is 15.0 Å². The highest BCUT2D eigenvalue weighted by Crippen LogP contribution is 2.35. The molecule has 192 valence electrons. The molecule has 0 N–H and O–H groups in total. The van der Waals surface area contributed by atoms with Crippen LogP contribution in [0.25, 0.3) is 11.4 Å². The van der Waals surface area contributed by atoms with Crippen molar-refractivity contribution >= 4 is 11.8 Å². The maximum atomic E-state index is 13.1. The van der Waals surface area contributed by atoms with Gasteiger partial charge in [-0.1, -0.05) is 13.8 Å². The Balaban J connectivity index is 1.29. The summed E-state index contributed by atoms with van der Waals surface area (Å²) in [7, 11) is 1.61. The Morgan fingerprint density at radius 3 is 2.58 bits per heavy atom. The molecule has 5 rings (SSSR count). The Kier molecular flexibility index (Phi) is 6.48. The number of hydrogen-bond acceptors (Lipinski definition) is 7. The van der Waals surface area contributed by atoms with E-state index in [0.717, 1.165) is 49.2 Å². The summed E-state index contributed by atoms with van der Waals surface area (Å²) >= 11 is 0. The minimum absolute atomic E-state index is 0.240. The van der Waals surface area contributed by atoms with Gasteiger partial charge in [0.15, 0.2) is 23.1 Å². The molecule has 0 aliphatic carbocycles. The number of hydrogen-bond donors (Lipinski definition) is 0. The molecule has 1 saturated heterocycles. The number of aromatic nitrogens is 5. The minimum Gasteiger partial charge on any atom is -0.486 e. The summed E-state index contributed by atoms with van der Waals surface area (Å²) in [5.74, 6) is 3.08. The summed E-state index contributed by atoms with van der Waals surface area (Å²) in [6.45, 7) is 7.61. The fourth-order valence-electron chi connectivity index (χ4n) is 4.95. The number of piperidine rings is 1. The number of halogens is 3. The first-order valence-electron chi connectivity index (χ1n) is 12.3. The van der Waals surface area contributed by atoms with E-state index in [1.807, 2.05) is 17.0 Å². The van der Waals surface area contributed by atoms with Gasteiger partial charge in [0.2, 0.25) is 5.95 Å². The van der Waals surface area contributed by atoms with E-state index in [-0.39, 0.29) is 5.92 Å². The molecule has 0 aromatic carbocycles. The van der Waals surface area contributed by atoms with Crippen molar-refractivity contribution in [2.45, 2.75) is 38.8 Å². The Bertz CT molecular complexity index is 1220. The summed E-state index contributed by atoms with van der Waals surface area (Å²) < 4.78 is 46.5. The van der Waals surface area contributed by atoms with Crippen molar-refractivity contribution in [3.8, 4) is 17.1 Å². The second-order valence-corrected chi connectivity index (χ2v) is 9.73. The Morgan fingerprint density at radius 1 is 1.11 bits per heavy atom. The third-order valence-corrected chi connectivity index (χ3v) is 6.80. The molecule has 3 aromatic heterocycles. The molecule has 0 atom stereocenters. The van der Waals surface area contributed by atoms with Crippen molar-refractivity contribution in [2.24, 2.45) is 13.0 Å². The van der Waals surface area contributed by atoms with Crippen LogP contribution in [0, 0.1) is 5.92 Å². The lowest BCUT2D eigenvalue weighted by Crippen LogP contribution is -2.42. The van der Waals surface area contributed by atoms with Crippen molar-refractivity contribution < 1.29 is 17.9 Å². The summed E-state index contributed by atoms with van der Waals surface area (Å²) in [5, 5.41) is 0. The quantitative estimate of drug-likeness (QED) is 0.509. The molecule has 11 heteroatoms. The molecule has 2 aliphatic heterocycles. The molecular weight excluding hydrogens is 471 g/mol. The molecule has 3 aromatic rings. The molecule has 0 unspecified atom stereocenters. The first-order valence-corrected chi connectivity index (χ1v) is 12.3. The van der Waals surface area contributed by atoms with E-state index in [0.29, 0.717) is 43.1 Å². The number of ether oxygens (including phenoxy) is 1. The van der Waals surface area contributed by atoms with Crippen molar-refractivity contribution in [3.63, 3.8) is 0 Å². The van der Waals surface area contributed by atoms with Crippen molar-refractivity contribution in [3.05, 3.63) is 42.1 Å². The first-order chi connectivity index (χ1) is 17.2. The van der Waals surface area contributed by atoms with Gasteiger partial charge in [-0.3, -0.25) is 4.98 Å². The third kappa shape index (κ3) is 4.83. The van der Waals surface area contributed by atoms with Crippen LogP contribution >= 0.6 is 0 Å². The second-order valence-electron chi connectivity index (χ2n) is 9.73. The topological polar surface area (TPSA) is 72.2 Å². The molecular formula is C25H30F3N7O. The number of anilines is 2. The standard InChI is InChI=1S/C25H30F3N7O/c1-16(2)21-18(5-4-8-29-21)22-30-13-19-23(32-22)35(11-12-36-19)14-17-6-9-34(10-7-17)24-31-20(15-33(24)3)25(26,27)28/h4-5,8,13,15-17H,6-7,9-12,14H2,1-3H3. The van der Waals surface area contributed by atoms with Gasteiger partial charge in [-0.15, -0.1) is 0 Å². The smallest absolute Gasteiger partial charge is 0.434 e. The Morgan fingerprint density at radius 2 is 1.89 bits per heavy atom. The van der Waals surface area contributed by atoms with Gasteiger partial charge < -0.3 is 19.1 Å². The molecule has 36 heavy (non-hydrogen) atoms. The molecule has 8 nitrogen and oxygen atoms in total. The minimum atomic E-state index is -4.44. The highest BCUT2D eigenvalue weighted by atomic mass is 19.4. The SMILES string of the molecule is CC(C)c1ncccc1-c1ncc2c(n1)N(CC1CCN(c3nc(C(F)(F)F)cn3C)CC1)CCO2. The van der Waals surface area contributed by atoms with E-state index in [1.54, 1.807) is 19.4 Å². The van der Waals surface area contributed by atoms with E-state index >= 15 is 0 Å². The molecule has 0 amide bonds. The number of alkyl halides is 3. The molecule has 0 radical (unpaired) electrons.